The van der Waals surface area contributed by atoms with Gasteiger partial charge in [-0.05, 0) is 60.4 Å². The summed E-state index contributed by atoms with van der Waals surface area (Å²) in [6, 6.07) is 6.96. The first-order chi connectivity index (χ1) is 11.2. The quantitative estimate of drug-likeness (QED) is 0.802. The number of fused-ring (bicyclic) bond motifs is 2. The molecule has 0 aliphatic carbocycles. The number of methoxy groups -OCH3 is 1. The molecule has 122 valence electrons. The number of rotatable bonds is 2. The van der Waals surface area contributed by atoms with Crippen LogP contribution in [0.4, 0.5) is 5.69 Å². The monoisotopic (exact) mass is 375 g/mol. The molecule has 2 aliphatic rings. The van der Waals surface area contributed by atoms with Crippen LogP contribution in [0.1, 0.15) is 12.8 Å². The van der Waals surface area contributed by atoms with Gasteiger partial charge in [0.05, 0.1) is 17.1 Å². The lowest BCUT2D eigenvalue weighted by Crippen LogP contribution is -2.46. The summed E-state index contributed by atoms with van der Waals surface area (Å²) in [5.41, 5.74) is 2.30. The molecule has 4 nitrogen and oxygen atoms in total. The average molecular weight is 376 g/mol. The molecule has 2 aliphatic heterocycles. The van der Waals surface area contributed by atoms with Crippen LogP contribution >= 0.6 is 15.9 Å². The van der Waals surface area contributed by atoms with Gasteiger partial charge in [0.25, 0.3) is 0 Å². The topological polar surface area (TPSA) is 28.6 Å². The van der Waals surface area contributed by atoms with E-state index in [9.17, 15) is 0 Å². The predicted octanol–water partition coefficient (Wildman–Crippen LogP) is 3.54. The minimum absolute atomic E-state index is 0.625. The molecule has 0 N–H and O–H groups in total. The Morgan fingerprint density at radius 1 is 1.26 bits per heavy atom. The highest BCUT2D eigenvalue weighted by molar-refractivity contribution is 9.10. The highest BCUT2D eigenvalue weighted by atomic mass is 79.9. The van der Waals surface area contributed by atoms with Gasteiger partial charge in [-0.15, -0.1) is 0 Å². The summed E-state index contributed by atoms with van der Waals surface area (Å²) in [5.74, 6) is 1.66. The summed E-state index contributed by atoms with van der Waals surface area (Å²) in [7, 11) is 3.93. The van der Waals surface area contributed by atoms with Crippen LogP contribution in [-0.2, 0) is 0 Å². The van der Waals surface area contributed by atoms with Gasteiger partial charge in [0.15, 0.2) is 0 Å². The third-order valence-corrected chi connectivity index (χ3v) is 5.99. The summed E-state index contributed by atoms with van der Waals surface area (Å²) in [4.78, 5) is 9.60. The van der Waals surface area contributed by atoms with Gasteiger partial charge >= 0.3 is 0 Å². The third kappa shape index (κ3) is 2.60. The molecule has 2 saturated heterocycles. The van der Waals surface area contributed by atoms with Crippen molar-refractivity contribution in [3.8, 4) is 5.75 Å². The van der Waals surface area contributed by atoms with Crippen LogP contribution in [0.2, 0.25) is 0 Å². The molecule has 2 aromatic rings. The molecule has 0 spiro atoms. The maximum atomic E-state index is 5.41. The molecule has 2 fully saturated rings. The second kappa shape index (κ2) is 5.95. The number of likely N-dealkylation sites (tertiary alicyclic amines) is 1. The van der Waals surface area contributed by atoms with Crippen molar-refractivity contribution < 1.29 is 4.74 Å². The third-order valence-electron chi connectivity index (χ3n) is 5.37. The average Bonchev–Trinajstić information content (AvgIpc) is 2.96. The van der Waals surface area contributed by atoms with Gasteiger partial charge in [0.1, 0.15) is 5.75 Å². The Morgan fingerprint density at radius 2 is 2.09 bits per heavy atom. The van der Waals surface area contributed by atoms with Gasteiger partial charge in [0, 0.05) is 42.5 Å². The minimum Gasteiger partial charge on any atom is -0.495 e. The standard InChI is InChI=1S/C18H22BrN3O/c1-21-7-4-12-5-8-22(17(12)11-21)16-3-6-20-15-10-18(23-2)14(19)9-13(15)16/h3,6,9-10,12,17H,4-5,7-8,11H2,1-2H3. The van der Waals surface area contributed by atoms with Gasteiger partial charge in [-0.2, -0.15) is 0 Å². The van der Waals surface area contributed by atoms with Gasteiger partial charge in [-0.1, -0.05) is 0 Å². The van der Waals surface area contributed by atoms with Crippen molar-refractivity contribution in [3.05, 3.63) is 28.9 Å². The Bertz CT molecular complexity index is 736. The van der Waals surface area contributed by atoms with Crippen molar-refractivity contribution >= 4 is 32.5 Å². The summed E-state index contributed by atoms with van der Waals surface area (Å²) >= 11 is 3.62. The largest absolute Gasteiger partial charge is 0.495 e. The summed E-state index contributed by atoms with van der Waals surface area (Å²) in [5, 5.41) is 1.20. The van der Waals surface area contributed by atoms with E-state index in [4.69, 9.17) is 4.74 Å². The highest BCUT2D eigenvalue weighted by Crippen LogP contribution is 2.39. The molecule has 23 heavy (non-hydrogen) atoms. The van der Waals surface area contributed by atoms with Gasteiger partial charge in [0.2, 0.25) is 0 Å². The molecule has 1 aromatic carbocycles. The molecule has 0 saturated carbocycles. The lowest BCUT2D eigenvalue weighted by Gasteiger charge is -2.38. The number of hydrogen-bond acceptors (Lipinski definition) is 4. The molecule has 3 heterocycles. The second-order valence-corrected chi connectivity index (χ2v) is 7.55. The van der Waals surface area contributed by atoms with E-state index in [-0.39, 0.29) is 0 Å². The van der Waals surface area contributed by atoms with Crippen molar-refractivity contribution in [1.29, 1.82) is 0 Å². The summed E-state index contributed by atoms with van der Waals surface area (Å²) < 4.78 is 6.40. The fraction of sp³-hybridized carbons (Fsp3) is 0.500. The molecule has 0 radical (unpaired) electrons. The van der Waals surface area contributed by atoms with E-state index in [1.165, 1.54) is 30.5 Å². The number of likely N-dealkylation sites (N-methyl/N-ethyl adjacent to an activating group) is 1. The Labute approximate surface area is 145 Å². The number of ether oxygens (including phenoxy) is 1. The molecule has 5 heteroatoms. The molecule has 4 rings (SSSR count). The number of nitrogens with zero attached hydrogens (tertiary/aromatic N) is 3. The molecule has 0 amide bonds. The first-order valence-electron chi connectivity index (χ1n) is 8.25. The zero-order valence-corrected chi connectivity index (χ0v) is 15.2. The van der Waals surface area contributed by atoms with Crippen LogP contribution in [0.25, 0.3) is 10.9 Å². The van der Waals surface area contributed by atoms with Crippen LogP contribution in [0.5, 0.6) is 5.75 Å². The molecule has 1 aromatic heterocycles. The van der Waals surface area contributed by atoms with E-state index < -0.39 is 0 Å². The maximum absolute atomic E-state index is 5.41. The Balaban J connectivity index is 1.78. The number of halogens is 1. The first kappa shape index (κ1) is 15.2. The lowest BCUT2D eigenvalue weighted by molar-refractivity contribution is 0.208. The van der Waals surface area contributed by atoms with Crippen LogP contribution in [-0.4, -0.2) is 49.7 Å². The Morgan fingerprint density at radius 3 is 2.91 bits per heavy atom. The summed E-state index contributed by atoms with van der Waals surface area (Å²) in [6.45, 7) is 3.53. The van der Waals surface area contributed by atoms with Crippen molar-refractivity contribution in [2.45, 2.75) is 18.9 Å². The van der Waals surface area contributed by atoms with Gasteiger partial charge < -0.3 is 14.5 Å². The normalized spacial score (nSPS) is 24.9. The SMILES string of the molecule is COc1cc2nccc(N3CCC4CCN(C)CC43)c2cc1Br. The second-order valence-electron chi connectivity index (χ2n) is 6.69. The van der Waals surface area contributed by atoms with Crippen molar-refractivity contribution in [2.75, 3.05) is 38.7 Å². The zero-order valence-electron chi connectivity index (χ0n) is 13.6. The van der Waals surface area contributed by atoms with Crippen molar-refractivity contribution in [3.63, 3.8) is 0 Å². The van der Waals surface area contributed by atoms with E-state index in [0.29, 0.717) is 6.04 Å². The molecule has 2 unspecified atom stereocenters. The van der Waals surface area contributed by atoms with Gasteiger partial charge in [-0.3, -0.25) is 4.98 Å². The molecule has 2 atom stereocenters. The van der Waals surface area contributed by atoms with Crippen LogP contribution in [0.15, 0.2) is 28.9 Å². The highest BCUT2D eigenvalue weighted by Gasteiger charge is 2.38. The number of benzene rings is 1. The van der Waals surface area contributed by atoms with Crippen LogP contribution in [0.3, 0.4) is 0 Å². The van der Waals surface area contributed by atoms with E-state index in [2.05, 4.69) is 49.9 Å². The first-order valence-corrected chi connectivity index (χ1v) is 9.04. The predicted molar refractivity (Wildman–Crippen MR) is 97.4 cm³/mol. The Kier molecular flexibility index (Phi) is 3.93. The molecule has 0 bridgehead atoms. The number of hydrogen-bond donors (Lipinski definition) is 0. The van der Waals surface area contributed by atoms with E-state index in [1.807, 2.05) is 12.3 Å². The van der Waals surface area contributed by atoms with Crippen LogP contribution < -0.4 is 9.64 Å². The van der Waals surface area contributed by atoms with Crippen LogP contribution in [0, 0.1) is 5.92 Å². The van der Waals surface area contributed by atoms with Gasteiger partial charge in [-0.25, -0.2) is 0 Å². The number of aromatic nitrogens is 1. The van der Waals surface area contributed by atoms with Crippen molar-refractivity contribution in [1.82, 2.24) is 9.88 Å². The van der Waals surface area contributed by atoms with E-state index >= 15 is 0 Å². The Hall–Kier alpha value is -1.33. The maximum Gasteiger partial charge on any atom is 0.135 e. The summed E-state index contributed by atoms with van der Waals surface area (Å²) in [6.07, 6.45) is 4.54. The fourth-order valence-electron chi connectivity index (χ4n) is 4.14. The molecular weight excluding hydrogens is 354 g/mol. The molecular formula is C18H22BrN3O. The number of anilines is 1. The smallest absolute Gasteiger partial charge is 0.135 e. The number of piperidine rings is 1. The van der Waals surface area contributed by atoms with E-state index in [1.54, 1.807) is 7.11 Å². The minimum atomic E-state index is 0.625. The lowest BCUT2D eigenvalue weighted by atomic mass is 9.92. The fourth-order valence-corrected chi connectivity index (χ4v) is 4.64. The number of pyridine rings is 1. The van der Waals surface area contributed by atoms with Crippen molar-refractivity contribution in [2.24, 2.45) is 5.92 Å². The zero-order chi connectivity index (χ0) is 16.0. The van der Waals surface area contributed by atoms with E-state index in [0.717, 1.165) is 34.7 Å².